The third-order valence-electron chi connectivity index (χ3n) is 2.68. The van der Waals surface area contributed by atoms with Gasteiger partial charge in [-0.1, -0.05) is 11.6 Å². The number of benzene rings is 1. The van der Waals surface area contributed by atoms with Crippen LogP contribution in [0.5, 0.6) is 5.75 Å². The van der Waals surface area contributed by atoms with Crippen LogP contribution in [0.15, 0.2) is 18.2 Å². The third-order valence-corrected chi connectivity index (χ3v) is 2.99. The van der Waals surface area contributed by atoms with E-state index in [9.17, 15) is 9.50 Å². The molecule has 1 aliphatic rings. The number of aliphatic hydroxyl groups is 1. The smallest absolute Gasteiger partial charge is 0.145 e. The van der Waals surface area contributed by atoms with Crippen molar-refractivity contribution >= 4 is 11.6 Å². The normalized spacial score (nSPS) is 18.3. The van der Waals surface area contributed by atoms with Crippen molar-refractivity contribution in [1.29, 1.82) is 0 Å². The maximum absolute atomic E-state index is 13.0. The van der Waals surface area contributed by atoms with Gasteiger partial charge in [-0.15, -0.1) is 0 Å². The molecule has 82 valence electrons. The molecule has 1 fully saturated rings. The molecule has 0 aliphatic heterocycles. The van der Waals surface area contributed by atoms with Crippen molar-refractivity contribution in [2.24, 2.45) is 0 Å². The van der Waals surface area contributed by atoms with Crippen LogP contribution in [0.4, 0.5) is 4.39 Å². The van der Waals surface area contributed by atoms with Crippen molar-refractivity contribution in [2.75, 3.05) is 6.61 Å². The Hall–Kier alpha value is -0.800. The lowest BCUT2D eigenvalue weighted by Gasteiger charge is -2.35. The first-order valence-corrected chi connectivity index (χ1v) is 5.27. The second-order valence-corrected chi connectivity index (χ2v) is 4.35. The fourth-order valence-corrected chi connectivity index (χ4v) is 1.63. The summed E-state index contributed by atoms with van der Waals surface area (Å²) in [5, 5.41) is 9.82. The fourth-order valence-electron chi connectivity index (χ4n) is 1.51. The quantitative estimate of drug-likeness (QED) is 0.865. The van der Waals surface area contributed by atoms with Gasteiger partial charge < -0.3 is 9.84 Å². The number of halogens is 2. The average molecular weight is 231 g/mol. The van der Waals surface area contributed by atoms with Crippen molar-refractivity contribution in [3.05, 3.63) is 29.0 Å². The van der Waals surface area contributed by atoms with Crippen LogP contribution in [0.3, 0.4) is 0 Å². The van der Waals surface area contributed by atoms with Crippen LogP contribution < -0.4 is 4.74 Å². The van der Waals surface area contributed by atoms with Gasteiger partial charge >= 0.3 is 0 Å². The first kappa shape index (κ1) is 10.7. The molecule has 1 aromatic carbocycles. The summed E-state index contributed by atoms with van der Waals surface area (Å²) in [6.45, 7) is 0.216. The van der Waals surface area contributed by atoms with Gasteiger partial charge in [-0.25, -0.2) is 4.39 Å². The number of hydrogen-bond acceptors (Lipinski definition) is 2. The van der Waals surface area contributed by atoms with E-state index in [0.717, 1.165) is 19.3 Å². The zero-order valence-electron chi connectivity index (χ0n) is 8.17. The van der Waals surface area contributed by atoms with Gasteiger partial charge in [0.25, 0.3) is 0 Å². The molecule has 0 radical (unpaired) electrons. The van der Waals surface area contributed by atoms with Crippen LogP contribution in [-0.4, -0.2) is 17.3 Å². The predicted octanol–water partition coefficient (Wildman–Crippen LogP) is 2.77. The molecule has 2 rings (SSSR count). The molecule has 4 heteroatoms. The van der Waals surface area contributed by atoms with E-state index in [4.69, 9.17) is 16.3 Å². The molecule has 0 atom stereocenters. The van der Waals surface area contributed by atoms with Crippen LogP contribution >= 0.6 is 11.6 Å². The lowest BCUT2D eigenvalue weighted by atomic mass is 9.81. The van der Waals surface area contributed by atoms with Crippen LogP contribution in [0, 0.1) is 5.82 Å². The van der Waals surface area contributed by atoms with Gasteiger partial charge in [0.1, 0.15) is 18.2 Å². The minimum absolute atomic E-state index is 0.0738. The molecule has 0 aromatic heterocycles. The van der Waals surface area contributed by atoms with E-state index in [0.29, 0.717) is 5.75 Å². The molecular formula is C11H12ClFO2. The maximum atomic E-state index is 13.0. The van der Waals surface area contributed by atoms with Crippen molar-refractivity contribution in [1.82, 2.24) is 0 Å². The molecule has 1 N–H and O–H groups in total. The molecule has 1 aliphatic carbocycles. The van der Waals surface area contributed by atoms with Gasteiger partial charge in [0, 0.05) is 6.07 Å². The second-order valence-electron chi connectivity index (χ2n) is 3.94. The topological polar surface area (TPSA) is 29.5 Å². The largest absolute Gasteiger partial charge is 0.490 e. The van der Waals surface area contributed by atoms with Crippen molar-refractivity contribution in [3.8, 4) is 5.75 Å². The van der Waals surface area contributed by atoms with Gasteiger partial charge in [0.05, 0.1) is 10.6 Å². The first-order valence-electron chi connectivity index (χ1n) is 4.89. The molecule has 0 spiro atoms. The van der Waals surface area contributed by atoms with Gasteiger partial charge in [-0.3, -0.25) is 0 Å². The fraction of sp³-hybridized carbons (Fsp3) is 0.455. The maximum Gasteiger partial charge on any atom is 0.145 e. The highest BCUT2D eigenvalue weighted by molar-refractivity contribution is 6.30. The highest BCUT2D eigenvalue weighted by atomic mass is 35.5. The summed E-state index contributed by atoms with van der Waals surface area (Å²) >= 11 is 5.53. The molecule has 1 aromatic rings. The molecule has 15 heavy (non-hydrogen) atoms. The average Bonchev–Trinajstić information content (AvgIpc) is 2.17. The van der Waals surface area contributed by atoms with Crippen molar-refractivity contribution in [3.63, 3.8) is 0 Å². The Labute approximate surface area is 92.6 Å². The van der Waals surface area contributed by atoms with Gasteiger partial charge in [-0.05, 0) is 31.4 Å². The second kappa shape index (κ2) is 3.99. The molecule has 2 nitrogen and oxygen atoms in total. The Bertz CT molecular complexity index is 364. The predicted molar refractivity (Wildman–Crippen MR) is 55.7 cm³/mol. The monoisotopic (exact) mass is 230 g/mol. The summed E-state index contributed by atoms with van der Waals surface area (Å²) in [7, 11) is 0. The lowest BCUT2D eigenvalue weighted by molar-refractivity contribution is -0.0664. The van der Waals surface area contributed by atoms with Gasteiger partial charge in [-0.2, -0.15) is 0 Å². The Morgan fingerprint density at radius 1 is 1.47 bits per heavy atom. The molecule has 0 bridgehead atoms. The Morgan fingerprint density at radius 2 is 2.20 bits per heavy atom. The van der Waals surface area contributed by atoms with Gasteiger partial charge in [0.15, 0.2) is 0 Å². The van der Waals surface area contributed by atoms with E-state index >= 15 is 0 Å². The molecular weight excluding hydrogens is 219 g/mol. The highest BCUT2D eigenvalue weighted by Gasteiger charge is 2.35. The third kappa shape index (κ3) is 2.41. The van der Waals surface area contributed by atoms with Gasteiger partial charge in [0.2, 0.25) is 0 Å². The summed E-state index contributed by atoms with van der Waals surface area (Å²) in [6, 6.07) is 4.26. The Morgan fingerprint density at radius 3 is 2.73 bits per heavy atom. The summed E-state index contributed by atoms with van der Waals surface area (Å²) in [4.78, 5) is 0. The van der Waals surface area contributed by atoms with Crippen LogP contribution in [-0.2, 0) is 0 Å². The molecule has 0 amide bonds. The first-order chi connectivity index (χ1) is 7.09. The number of rotatable bonds is 3. The highest BCUT2D eigenvalue weighted by Crippen LogP contribution is 2.32. The van der Waals surface area contributed by atoms with E-state index in [-0.39, 0.29) is 11.6 Å². The zero-order chi connectivity index (χ0) is 10.9. The molecule has 0 saturated heterocycles. The van der Waals surface area contributed by atoms with Crippen LogP contribution in [0.1, 0.15) is 19.3 Å². The summed E-state index contributed by atoms with van der Waals surface area (Å²) < 4.78 is 18.3. The van der Waals surface area contributed by atoms with E-state index < -0.39 is 11.4 Å². The zero-order valence-corrected chi connectivity index (χ0v) is 8.93. The van der Waals surface area contributed by atoms with E-state index in [1.54, 1.807) is 6.07 Å². The Kier molecular flexibility index (Phi) is 2.85. The van der Waals surface area contributed by atoms with E-state index in [1.807, 2.05) is 0 Å². The summed E-state index contributed by atoms with van der Waals surface area (Å²) in [5.41, 5.74) is -0.712. The van der Waals surface area contributed by atoms with Crippen molar-refractivity contribution < 1.29 is 14.2 Å². The van der Waals surface area contributed by atoms with E-state index in [2.05, 4.69) is 0 Å². The minimum Gasteiger partial charge on any atom is -0.490 e. The molecule has 1 saturated carbocycles. The summed E-state index contributed by atoms with van der Waals surface area (Å²) in [5.74, 6) is -0.105. The molecule has 0 unspecified atom stereocenters. The lowest BCUT2D eigenvalue weighted by Crippen LogP contribution is -2.42. The number of hydrogen-bond donors (Lipinski definition) is 1. The van der Waals surface area contributed by atoms with E-state index in [1.165, 1.54) is 12.1 Å². The van der Waals surface area contributed by atoms with Crippen LogP contribution in [0.2, 0.25) is 5.02 Å². The minimum atomic E-state index is -0.712. The standard InChI is InChI=1S/C11H12ClFO2/c12-9-3-2-8(6-10(9)13)15-7-11(14)4-1-5-11/h2-3,6,14H,1,4-5,7H2. The summed E-state index contributed by atoms with van der Waals surface area (Å²) in [6.07, 6.45) is 2.53. The SMILES string of the molecule is OC1(COc2ccc(Cl)c(F)c2)CCC1. The Balaban J connectivity index is 1.96. The van der Waals surface area contributed by atoms with Crippen molar-refractivity contribution in [2.45, 2.75) is 24.9 Å². The number of ether oxygens (including phenoxy) is 1. The van der Waals surface area contributed by atoms with Crippen LogP contribution in [0.25, 0.3) is 0 Å². The molecule has 0 heterocycles.